The molecule has 4 nitrogen and oxygen atoms in total. The van der Waals surface area contributed by atoms with E-state index in [9.17, 15) is 4.79 Å². The molecule has 1 amide bonds. The number of carbonyl (C=O) groups is 1. The van der Waals surface area contributed by atoms with Gasteiger partial charge in [-0.1, -0.05) is 11.6 Å². The van der Waals surface area contributed by atoms with Gasteiger partial charge >= 0.3 is 0 Å². The number of aryl methyl sites for hydroxylation is 1. The van der Waals surface area contributed by atoms with Crippen molar-refractivity contribution in [3.63, 3.8) is 0 Å². The van der Waals surface area contributed by atoms with Gasteiger partial charge in [0, 0.05) is 37.1 Å². The molecular formula is C16H19ClN2O2. The molecule has 0 radical (unpaired) electrons. The van der Waals surface area contributed by atoms with Crippen molar-refractivity contribution in [3.8, 4) is 0 Å². The Morgan fingerprint density at radius 1 is 1.43 bits per heavy atom. The van der Waals surface area contributed by atoms with Gasteiger partial charge in [0.25, 0.3) is 5.91 Å². The lowest BCUT2D eigenvalue weighted by Gasteiger charge is -2.36. The van der Waals surface area contributed by atoms with E-state index >= 15 is 0 Å². The number of fused-ring (bicyclic) bond motifs is 3. The molecule has 0 fully saturated rings. The molecule has 0 saturated heterocycles. The highest BCUT2D eigenvalue weighted by Gasteiger charge is 2.46. The molecule has 1 aliphatic carbocycles. The maximum atomic E-state index is 12.7. The number of likely N-dealkylation sites (N-methyl/N-ethyl adjacent to an activating group) is 1. The molecule has 1 aromatic carbocycles. The van der Waals surface area contributed by atoms with E-state index in [1.54, 1.807) is 26.1 Å². The SMILES string of the molecule is COC1(C(=O)N(C)C)CCCc2c1[nH]c1ccc(Cl)cc21. The number of halogens is 1. The number of H-pyrrole nitrogens is 1. The predicted octanol–water partition coefficient (Wildman–Crippen LogP) is 3.09. The lowest BCUT2D eigenvalue weighted by Crippen LogP contribution is -2.47. The topological polar surface area (TPSA) is 45.3 Å². The minimum absolute atomic E-state index is 0.0244. The van der Waals surface area contributed by atoms with Crippen molar-refractivity contribution in [1.82, 2.24) is 9.88 Å². The van der Waals surface area contributed by atoms with Crippen molar-refractivity contribution in [2.24, 2.45) is 0 Å². The third-order valence-corrected chi connectivity index (χ3v) is 4.56. The zero-order valence-electron chi connectivity index (χ0n) is 12.5. The summed E-state index contributed by atoms with van der Waals surface area (Å²) in [5, 5.41) is 1.79. The number of nitrogens with one attached hydrogen (secondary N) is 1. The number of hydrogen-bond acceptors (Lipinski definition) is 2. The molecule has 2 aromatic rings. The molecule has 1 aliphatic rings. The molecule has 1 atom stereocenters. The lowest BCUT2D eigenvalue weighted by molar-refractivity contribution is -0.156. The van der Waals surface area contributed by atoms with Gasteiger partial charge in [0.05, 0.1) is 5.69 Å². The van der Waals surface area contributed by atoms with Gasteiger partial charge in [-0.15, -0.1) is 0 Å². The van der Waals surface area contributed by atoms with E-state index in [1.807, 2.05) is 18.2 Å². The van der Waals surface area contributed by atoms with E-state index in [2.05, 4.69) is 4.98 Å². The Kier molecular flexibility index (Phi) is 3.46. The monoisotopic (exact) mass is 306 g/mol. The maximum Gasteiger partial charge on any atom is 0.260 e. The quantitative estimate of drug-likeness (QED) is 0.926. The van der Waals surface area contributed by atoms with Crippen LogP contribution in [0.25, 0.3) is 10.9 Å². The van der Waals surface area contributed by atoms with Crippen LogP contribution in [0.3, 0.4) is 0 Å². The second kappa shape index (κ2) is 5.04. The number of aromatic nitrogens is 1. The molecule has 0 saturated carbocycles. The highest BCUT2D eigenvalue weighted by atomic mass is 35.5. The number of aromatic amines is 1. The number of nitrogens with zero attached hydrogens (tertiary/aromatic N) is 1. The Morgan fingerprint density at radius 2 is 2.19 bits per heavy atom. The summed E-state index contributed by atoms with van der Waals surface area (Å²) in [6.07, 6.45) is 2.54. The van der Waals surface area contributed by atoms with Crippen molar-refractivity contribution in [3.05, 3.63) is 34.5 Å². The van der Waals surface area contributed by atoms with Crippen LogP contribution in [0.4, 0.5) is 0 Å². The fourth-order valence-corrected chi connectivity index (χ4v) is 3.50. The average molecular weight is 307 g/mol. The van der Waals surface area contributed by atoms with Gasteiger partial charge in [-0.25, -0.2) is 0 Å². The van der Waals surface area contributed by atoms with Crippen molar-refractivity contribution >= 4 is 28.4 Å². The minimum Gasteiger partial charge on any atom is -0.362 e. The van der Waals surface area contributed by atoms with Gasteiger partial charge < -0.3 is 14.6 Å². The van der Waals surface area contributed by atoms with Gasteiger partial charge in [-0.05, 0) is 43.0 Å². The Balaban J connectivity index is 2.26. The van der Waals surface area contributed by atoms with Gasteiger partial charge in [-0.2, -0.15) is 0 Å². The number of benzene rings is 1. The molecule has 1 N–H and O–H groups in total. The molecule has 1 heterocycles. The van der Waals surface area contributed by atoms with E-state index in [0.29, 0.717) is 11.4 Å². The summed E-state index contributed by atoms with van der Waals surface area (Å²) >= 11 is 6.12. The molecule has 5 heteroatoms. The molecular weight excluding hydrogens is 288 g/mol. The first kappa shape index (κ1) is 14.4. The van der Waals surface area contributed by atoms with E-state index < -0.39 is 5.60 Å². The van der Waals surface area contributed by atoms with Crippen LogP contribution in [0.2, 0.25) is 5.02 Å². The maximum absolute atomic E-state index is 12.7. The third kappa shape index (κ3) is 2.05. The zero-order valence-corrected chi connectivity index (χ0v) is 13.3. The van der Waals surface area contributed by atoms with E-state index in [4.69, 9.17) is 16.3 Å². The summed E-state index contributed by atoms with van der Waals surface area (Å²) in [6.45, 7) is 0. The predicted molar refractivity (Wildman–Crippen MR) is 83.6 cm³/mol. The van der Waals surface area contributed by atoms with E-state index in [0.717, 1.165) is 35.0 Å². The molecule has 0 bridgehead atoms. The Labute approximate surface area is 129 Å². The van der Waals surface area contributed by atoms with Gasteiger partial charge in [-0.3, -0.25) is 4.79 Å². The van der Waals surface area contributed by atoms with Crippen LogP contribution >= 0.6 is 11.6 Å². The van der Waals surface area contributed by atoms with Crippen LogP contribution in [0.1, 0.15) is 24.1 Å². The molecule has 3 rings (SSSR count). The fraction of sp³-hybridized carbons (Fsp3) is 0.438. The summed E-state index contributed by atoms with van der Waals surface area (Å²) in [7, 11) is 5.13. The number of methoxy groups -OCH3 is 1. The Morgan fingerprint density at radius 3 is 2.86 bits per heavy atom. The normalized spacial score (nSPS) is 21.3. The molecule has 112 valence electrons. The summed E-state index contributed by atoms with van der Waals surface area (Å²) in [6, 6.07) is 5.77. The van der Waals surface area contributed by atoms with Crippen LogP contribution in [0.5, 0.6) is 0 Å². The second-order valence-corrected chi connectivity index (χ2v) is 6.19. The molecule has 1 aromatic heterocycles. The van der Waals surface area contributed by atoms with Crippen molar-refractivity contribution < 1.29 is 9.53 Å². The zero-order chi connectivity index (χ0) is 15.2. The van der Waals surface area contributed by atoms with E-state index in [1.165, 1.54) is 0 Å². The van der Waals surface area contributed by atoms with Crippen LogP contribution in [0.15, 0.2) is 18.2 Å². The van der Waals surface area contributed by atoms with Crippen LogP contribution in [0, 0.1) is 0 Å². The summed E-state index contributed by atoms with van der Waals surface area (Å²) in [4.78, 5) is 17.7. The van der Waals surface area contributed by atoms with Crippen LogP contribution < -0.4 is 0 Å². The lowest BCUT2D eigenvalue weighted by atomic mass is 9.81. The molecule has 0 spiro atoms. The Hall–Kier alpha value is -1.52. The van der Waals surface area contributed by atoms with Crippen molar-refractivity contribution in [2.45, 2.75) is 24.9 Å². The molecule has 21 heavy (non-hydrogen) atoms. The highest BCUT2D eigenvalue weighted by Crippen LogP contribution is 2.42. The second-order valence-electron chi connectivity index (χ2n) is 5.75. The van der Waals surface area contributed by atoms with E-state index in [-0.39, 0.29) is 5.91 Å². The van der Waals surface area contributed by atoms with Crippen molar-refractivity contribution in [2.75, 3.05) is 21.2 Å². The number of ether oxygens (including phenoxy) is 1. The fourth-order valence-electron chi connectivity index (χ4n) is 3.33. The number of hydrogen-bond donors (Lipinski definition) is 1. The Bertz CT molecular complexity index is 708. The van der Waals surface area contributed by atoms with Crippen LogP contribution in [-0.4, -0.2) is 37.0 Å². The summed E-state index contributed by atoms with van der Waals surface area (Å²) < 4.78 is 5.73. The minimum atomic E-state index is -0.914. The molecule has 1 unspecified atom stereocenters. The largest absolute Gasteiger partial charge is 0.362 e. The smallest absolute Gasteiger partial charge is 0.260 e. The summed E-state index contributed by atoms with van der Waals surface area (Å²) in [5.41, 5.74) is 2.12. The molecule has 0 aliphatic heterocycles. The van der Waals surface area contributed by atoms with Crippen molar-refractivity contribution in [1.29, 1.82) is 0 Å². The standard InChI is InChI=1S/C16H19ClN2O2/c1-19(2)15(20)16(21-3)8-4-5-11-12-9-10(17)6-7-13(12)18-14(11)16/h6-7,9,18H,4-5,8H2,1-3H3. The first-order valence-corrected chi connectivity index (χ1v) is 7.45. The first-order valence-electron chi connectivity index (χ1n) is 7.07. The van der Waals surface area contributed by atoms with Crippen LogP contribution in [-0.2, 0) is 21.6 Å². The number of amides is 1. The number of rotatable bonds is 2. The average Bonchev–Trinajstić information content (AvgIpc) is 2.84. The third-order valence-electron chi connectivity index (χ3n) is 4.33. The van der Waals surface area contributed by atoms with Gasteiger partial charge in [0.2, 0.25) is 0 Å². The van der Waals surface area contributed by atoms with Gasteiger partial charge in [0.15, 0.2) is 5.60 Å². The highest BCUT2D eigenvalue weighted by molar-refractivity contribution is 6.31. The number of carbonyl (C=O) groups excluding carboxylic acids is 1. The van der Waals surface area contributed by atoms with Gasteiger partial charge in [0.1, 0.15) is 0 Å². The summed E-state index contributed by atoms with van der Waals surface area (Å²) in [5.74, 6) is -0.0244. The first-order chi connectivity index (χ1) is 9.99.